The van der Waals surface area contributed by atoms with Crippen LogP contribution in [0.25, 0.3) is 0 Å². The molecule has 0 saturated carbocycles. The van der Waals surface area contributed by atoms with Gasteiger partial charge >= 0.3 is 0 Å². The van der Waals surface area contributed by atoms with E-state index in [4.69, 9.17) is 0 Å². The zero-order valence-corrected chi connectivity index (χ0v) is 18.1. The van der Waals surface area contributed by atoms with E-state index in [1.165, 1.54) is 0 Å². The zero-order chi connectivity index (χ0) is 22.2. The molecule has 0 radical (unpaired) electrons. The number of hydrogen-bond donors (Lipinski definition) is 2. The SMILES string of the molecule is O=C1CCC(N2Cc3ccc(CN4CCC(N5CCNCC5=O)CC4)cc3C2=O)C(=O)N1. The van der Waals surface area contributed by atoms with Gasteiger partial charge in [0.2, 0.25) is 17.7 Å². The van der Waals surface area contributed by atoms with E-state index in [-0.39, 0.29) is 30.0 Å². The average Bonchev–Trinajstić information content (AvgIpc) is 3.11. The number of fused-ring (bicyclic) bond motifs is 1. The van der Waals surface area contributed by atoms with Crippen molar-refractivity contribution < 1.29 is 19.2 Å². The molecule has 1 aromatic rings. The van der Waals surface area contributed by atoms with Crippen LogP contribution in [0.2, 0.25) is 0 Å². The van der Waals surface area contributed by atoms with Crippen LogP contribution in [0.15, 0.2) is 18.2 Å². The Morgan fingerprint density at radius 2 is 1.78 bits per heavy atom. The van der Waals surface area contributed by atoms with Gasteiger partial charge in [0.15, 0.2) is 0 Å². The predicted octanol–water partition coefficient (Wildman–Crippen LogP) is -0.156. The molecule has 0 aliphatic carbocycles. The molecule has 2 N–H and O–H groups in total. The van der Waals surface area contributed by atoms with E-state index in [1.807, 2.05) is 17.0 Å². The van der Waals surface area contributed by atoms with Crippen LogP contribution < -0.4 is 10.6 Å². The molecular formula is C23H29N5O4. The highest BCUT2D eigenvalue weighted by atomic mass is 16.2. The van der Waals surface area contributed by atoms with Crippen LogP contribution in [0, 0.1) is 0 Å². The number of likely N-dealkylation sites (tertiary alicyclic amines) is 1. The minimum Gasteiger partial charge on any atom is -0.337 e. The van der Waals surface area contributed by atoms with Gasteiger partial charge in [0.1, 0.15) is 6.04 Å². The molecule has 3 fully saturated rings. The van der Waals surface area contributed by atoms with Gasteiger partial charge in [0.25, 0.3) is 5.91 Å². The molecule has 9 heteroatoms. The van der Waals surface area contributed by atoms with Crippen molar-refractivity contribution in [3.8, 4) is 0 Å². The largest absolute Gasteiger partial charge is 0.337 e. The summed E-state index contributed by atoms with van der Waals surface area (Å²) in [6, 6.07) is 5.74. The molecule has 1 aromatic carbocycles. The summed E-state index contributed by atoms with van der Waals surface area (Å²) in [5.41, 5.74) is 2.67. The standard InChI is InChI=1S/C23H29N5O4/c29-20-4-3-19(22(31)25-20)28-14-16-2-1-15(11-18(16)23(28)32)13-26-8-5-17(6-9-26)27-10-7-24-12-21(27)30/h1-2,11,17,19,24H,3-10,12-14H2,(H,25,29,31). The van der Waals surface area contributed by atoms with E-state index >= 15 is 0 Å². The summed E-state index contributed by atoms with van der Waals surface area (Å²) in [4.78, 5) is 54.8. The van der Waals surface area contributed by atoms with E-state index in [2.05, 4.69) is 21.6 Å². The number of carbonyl (C=O) groups is 4. The van der Waals surface area contributed by atoms with Gasteiger partial charge in [-0.1, -0.05) is 12.1 Å². The third-order valence-corrected chi connectivity index (χ3v) is 7.12. The molecule has 170 valence electrons. The smallest absolute Gasteiger partial charge is 0.255 e. The molecule has 4 aliphatic heterocycles. The quantitative estimate of drug-likeness (QED) is 0.633. The lowest BCUT2D eigenvalue weighted by Gasteiger charge is -2.40. The number of amides is 4. The number of carbonyl (C=O) groups excluding carboxylic acids is 4. The number of benzene rings is 1. The lowest BCUT2D eigenvalue weighted by molar-refractivity contribution is -0.137. The molecule has 0 aromatic heterocycles. The van der Waals surface area contributed by atoms with Crippen LogP contribution in [0.3, 0.4) is 0 Å². The Labute approximate surface area is 187 Å². The Bertz CT molecular complexity index is 956. The van der Waals surface area contributed by atoms with Crippen molar-refractivity contribution in [1.82, 2.24) is 25.3 Å². The molecule has 5 rings (SSSR count). The van der Waals surface area contributed by atoms with E-state index < -0.39 is 6.04 Å². The van der Waals surface area contributed by atoms with Gasteiger partial charge in [0, 0.05) is 57.3 Å². The van der Waals surface area contributed by atoms with Crippen molar-refractivity contribution in [1.29, 1.82) is 0 Å². The van der Waals surface area contributed by atoms with E-state index in [0.29, 0.717) is 31.1 Å². The Hall–Kier alpha value is -2.78. The predicted molar refractivity (Wildman–Crippen MR) is 115 cm³/mol. The number of imide groups is 1. The van der Waals surface area contributed by atoms with Crippen LogP contribution in [-0.4, -0.2) is 83.1 Å². The van der Waals surface area contributed by atoms with E-state index in [1.54, 1.807) is 4.90 Å². The molecule has 4 heterocycles. The maximum atomic E-state index is 13.0. The topological polar surface area (TPSA) is 102 Å². The van der Waals surface area contributed by atoms with E-state index in [9.17, 15) is 19.2 Å². The molecule has 1 unspecified atom stereocenters. The zero-order valence-electron chi connectivity index (χ0n) is 18.1. The highest BCUT2D eigenvalue weighted by Crippen LogP contribution is 2.29. The summed E-state index contributed by atoms with van der Waals surface area (Å²) in [5, 5.41) is 5.47. The van der Waals surface area contributed by atoms with Gasteiger partial charge in [0.05, 0.1) is 6.54 Å². The monoisotopic (exact) mass is 439 g/mol. The first-order chi connectivity index (χ1) is 15.5. The Kier molecular flexibility index (Phi) is 5.69. The van der Waals surface area contributed by atoms with Gasteiger partial charge in [-0.25, -0.2) is 0 Å². The van der Waals surface area contributed by atoms with Crippen molar-refractivity contribution in [3.05, 3.63) is 34.9 Å². The number of hydrogen-bond acceptors (Lipinski definition) is 6. The first kappa shape index (κ1) is 21.1. The summed E-state index contributed by atoms with van der Waals surface area (Å²) in [7, 11) is 0. The minimum atomic E-state index is -0.581. The molecule has 4 aliphatic rings. The van der Waals surface area contributed by atoms with Gasteiger partial charge in [-0.3, -0.25) is 29.4 Å². The number of nitrogens with one attached hydrogen (secondary N) is 2. The summed E-state index contributed by atoms with van der Waals surface area (Å²) in [5.74, 6) is -0.587. The fourth-order valence-corrected chi connectivity index (χ4v) is 5.35. The van der Waals surface area contributed by atoms with Crippen LogP contribution in [0.1, 0.15) is 47.2 Å². The number of piperazine rings is 1. The highest BCUT2D eigenvalue weighted by molar-refractivity contribution is 6.05. The van der Waals surface area contributed by atoms with Crippen molar-refractivity contribution in [2.45, 2.75) is 50.9 Å². The maximum Gasteiger partial charge on any atom is 0.255 e. The van der Waals surface area contributed by atoms with Crippen LogP contribution >= 0.6 is 0 Å². The van der Waals surface area contributed by atoms with Gasteiger partial charge in [-0.2, -0.15) is 0 Å². The van der Waals surface area contributed by atoms with Crippen molar-refractivity contribution in [2.24, 2.45) is 0 Å². The van der Waals surface area contributed by atoms with Crippen molar-refractivity contribution >= 4 is 23.6 Å². The third-order valence-electron chi connectivity index (χ3n) is 7.12. The second-order valence-electron chi connectivity index (χ2n) is 9.16. The van der Waals surface area contributed by atoms with Gasteiger partial charge < -0.3 is 15.1 Å². The Morgan fingerprint density at radius 3 is 2.53 bits per heavy atom. The highest BCUT2D eigenvalue weighted by Gasteiger charge is 2.39. The summed E-state index contributed by atoms with van der Waals surface area (Å²) in [6.07, 6.45) is 2.58. The second-order valence-corrected chi connectivity index (χ2v) is 9.16. The summed E-state index contributed by atoms with van der Waals surface area (Å²) in [6.45, 7) is 5.13. The number of nitrogens with zero attached hydrogens (tertiary/aromatic N) is 3. The molecule has 3 saturated heterocycles. The molecule has 1 atom stereocenters. The summed E-state index contributed by atoms with van der Waals surface area (Å²) < 4.78 is 0. The second kappa shape index (κ2) is 8.63. The van der Waals surface area contributed by atoms with Crippen LogP contribution in [0.5, 0.6) is 0 Å². The van der Waals surface area contributed by atoms with Crippen LogP contribution in [0.4, 0.5) is 0 Å². The molecule has 32 heavy (non-hydrogen) atoms. The van der Waals surface area contributed by atoms with Crippen molar-refractivity contribution in [3.63, 3.8) is 0 Å². The maximum absolute atomic E-state index is 13.0. The number of piperidine rings is 2. The molecule has 4 amide bonds. The van der Waals surface area contributed by atoms with Crippen LogP contribution in [-0.2, 0) is 27.5 Å². The molecule has 0 bridgehead atoms. The summed E-state index contributed by atoms with van der Waals surface area (Å²) >= 11 is 0. The Morgan fingerprint density at radius 1 is 0.969 bits per heavy atom. The van der Waals surface area contributed by atoms with E-state index in [0.717, 1.165) is 56.7 Å². The van der Waals surface area contributed by atoms with Gasteiger partial charge in [-0.05, 0) is 36.5 Å². The molecule has 0 spiro atoms. The van der Waals surface area contributed by atoms with Gasteiger partial charge in [-0.15, -0.1) is 0 Å². The first-order valence-corrected chi connectivity index (χ1v) is 11.5. The average molecular weight is 440 g/mol. The normalized spacial score (nSPS) is 25.3. The molecular weight excluding hydrogens is 410 g/mol. The lowest BCUT2D eigenvalue weighted by Crippen LogP contribution is -2.55. The number of rotatable bonds is 4. The van der Waals surface area contributed by atoms with Crippen molar-refractivity contribution in [2.75, 3.05) is 32.7 Å². The Balaban J connectivity index is 1.20. The fourth-order valence-electron chi connectivity index (χ4n) is 5.35. The molecule has 9 nitrogen and oxygen atoms in total. The fraction of sp³-hybridized carbons (Fsp3) is 0.565. The lowest BCUT2D eigenvalue weighted by atomic mass is 10.0. The third kappa shape index (κ3) is 4.02. The first-order valence-electron chi connectivity index (χ1n) is 11.5. The minimum absolute atomic E-state index is 0.132.